The molecule has 5 heteroatoms. The third-order valence-corrected chi connectivity index (χ3v) is 4.16. The summed E-state index contributed by atoms with van der Waals surface area (Å²) in [6.45, 7) is 7.62. The van der Waals surface area contributed by atoms with Crippen molar-refractivity contribution >= 4 is 11.7 Å². The van der Waals surface area contributed by atoms with E-state index in [4.69, 9.17) is 0 Å². The summed E-state index contributed by atoms with van der Waals surface area (Å²) in [7, 11) is 1.71. The van der Waals surface area contributed by atoms with Crippen molar-refractivity contribution in [1.29, 1.82) is 0 Å². The number of pyridine rings is 1. The van der Waals surface area contributed by atoms with Gasteiger partial charge in [-0.25, -0.2) is 4.98 Å². The maximum atomic E-state index is 12.0. The molecule has 2 N–H and O–H groups in total. The van der Waals surface area contributed by atoms with Crippen LogP contribution < -0.4 is 15.5 Å². The predicted octanol–water partition coefficient (Wildman–Crippen LogP) is 1.54. The topological polar surface area (TPSA) is 57.3 Å². The van der Waals surface area contributed by atoms with Crippen LogP contribution in [0, 0.1) is 5.41 Å². The Morgan fingerprint density at radius 1 is 1.52 bits per heavy atom. The van der Waals surface area contributed by atoms with Crippen molar-refractivity contribution in [3.63, 3.8) is 0 Å². The van der Waals surface area contributed by atoms with Gasteiger partial charge in [-0.1, -0.05) is 13.0 Å². The number of hydrogen-bond donors (Lipinski definition) is 2. The lowest BCUT2D eigenvalue weighted by Crippen LogP contribution is -2.39. The Kier molecular flexibility index (Phi) is 5.17. The van der Waals surface area contributed by atoms with E-state index >= 15 is 0 Å². The third kappa shape index (κ3) is 3.53. The van der Waals surface area contributed by atoms with Gasteiger partial charge in [0.05, 0.1) is 5.41 Å². The van der Waals surface area contributed by atoms with E-state index in [1.807, 2.05) is 19.2 Å². The zero-order chi connectivity index (χ0) is 15.3. The highest BCUT2D eigenvalue weighted by Gasteiger charge is 2.40. The van der Waals surface area contributed by atoms with Gasteiger partial charge >= 0.3 is 0 Å². The van der Waals surface area contributed by atoms with Crippen LogP contribution in [0.2, 0.25) is 0 Å². The van der Waals surface area contributed by atoms with Gasteiger partial charge in [-0.3, -0.25) is 4.79 Å². The van der Waals surface area contributed by atoms with Gasteiger partial charge in [0.2, 0.25) is 5.91 Å². The minimum absolute atomic E-state index is 0.117. The molecule has 0 bridgehead atoms. The first kappa shape index (κ1) is 15.8. The van der Waals surface area contributed by atoms with Crippen molar-refractivity contribution in [2.24, 2.45) is 5.41 Å². The molecule has 2 heterocycles. The fourth-order valence-electron chi connectivity index (χ4n) is 2.88. The highest BCUT2D eigenvalue weighted by Crippen LogP contribution is 2.33. The van der Waals surface area contributed by atoms with E-state index in [2.05, 4.69) is 33.5 Å². The molecule has 1 amide bonds. The normalized spacial score (nSPS) is 21.6. The third-order valence-electron chi connectivity index (χ3n) is 4.16. The molecule has 5 nitrogen and oxygen atoms in total. The summed E-state index contributed by atoms with van der Waals surface area (Å²) < 4.78 is 0. The van der Waals surface area contributed by atoms with Gasteiger partial charge in [-0.2, -0.15) is 0 Å². The van der Waals surface area contributed by atoms with Crippen LogP contribution in [-0.2, 0) is 11.3 Å². The summed E-state index contributed by atoms with van der Waals surface area (Å²) in [6.07, 6.45) is 3.81. The summed E-state index contributed by atoms with van der Waals surface area (Å²) >= 11 is 0. The average molecular weight is 290 g/mol. The lowest BCUT2D eigenvalue weighted by Gasteiger charge is -2.24. The van der Waals surface area contributed by atoms with Crippen LogP contribution in [0.4, 0.5) is 5.82 Å². The lowest BCUT2D eigenvalue weighted by atomic mass is 9.89. The van der Waals surface area contributed by atoms with Crippen molar-refractivity contribution < 1.29 is 4.79 Å². The number of rotatable bonds is 6. The molecule has 0 spiro atoms. The number of nitrogens with one attached hydrogen (secondary N) is 2. The fraction of sp³-hybridized carbons (Fsp3) is 0.625. The Balaban J connectivity index is 2.11. The summed E-state index contributed by atoms with van der Waals surface area (Å²) in [4.78, 5) is 18.8. The van der Waals surface area contributed by atoms with Gasteiger partial charge in [0, 0.05) is 38.4 Å². The Labute approximate surface area is 127 Å². The largest absolute Gasteiger partial charge is 0.359 e. The molecule has 0 radical (unpaired) electrons. The standard InChI is InChI=1S/C16H26N4O/c1-4-8-18-11-13-6-5-9-19-14(13)20-10-7-16(2,12-20)15(21)17-3/h5-6,9,18H,4,7-8,10-12H2,1-3H3,(H,17,21). The summed E-state index contributed by atoms with van der Waals surface area (Å²) in [5.74, 6) is 1.13. The highest BCUT2D eigenvalue weighted by atomic mass is 16.2. The molecule has 116 valence electrons. The number of amides is 1. The van der Waals surface area contributed by atoms with Crippen LogP contribution in [0.15, 0.2) is 18.3 Å². The molecule has 2 rings (SSSR count). The molecule has 1 atom stereocenters. The molecule has 0 aliphatic carbocycles. The van der Waals surface area contributed by atoms with Gasteiger partial charge < -0.3 is 15.5 Å². The average Bonchev–Trinajstić information content (AvgIpc) is 2.91. The Bertz CT molecular complexity index is 491. The van der Waals surface area contributed by atoms with Crippen LogP contribution in [0.3, 0.4) is 0 Å². The summed E-state index contributed by atoms with van der Waals surface area (Å²) in [5, 5.41) is 6.20. The first-order chi connectivity index (χ1) is 10.1. The predicted molar refractivity (Wildman–Crippen MR) is 85.2 cm³/mol. The first-order valence-electron chi connectivity index (χ1n) is 7.72. The summed E-state index contributed by atoms with van der Waals surface area (Å²) in [6, 6.07) is 4.08. The molecular weight excluding hydrogens is 264 g/mol. The zero-order valence-corrected chi connectivity index (χ0v) is 13.3. The van der Waals surface area contributed by atoms with E-state index in [1.54, 1.807) is 7.05 Å². The minimum atomic E-state index is -0.319. The van der Waals surface area contributed by atoms with Crippen molar-refractivity contribution in [2.75, 3.05) is 31.6 Å². The van der Waals surface area contributed by atoms with Crippen LogP contribution in [0.1, 0.15) is 32.3 Å². The smallest absolute Gasteiger partial charge is 0.227 e. The number of carbonyl (C=O) groups is 1. The number of hydrogen-bond acceptors (Lipinski definition) is 4. The minimum Gasteiger partial charge on any atom is -0.359 e. The SMILES string of the molecule is CCCNCc1cccnc1N1CCC(C)(C(=O)NC)C1. The number of carbonyl (C=O) groups excluding carboxylic acids is 1. The maximum Gasteiger partial charge on any atom is 0.227 e. The van der Waals surface area contributed by atoms with Gasteiger partial charge in [-0.15, -0.1) is 0 Å². The molecule has 0 aromatic carbocycles. The van der Waals surface area contributed by atoms with Gasteiger partial charge in [-0.05, 0) is 32.4 Å². The van der Waals surface area contributed by atoms with Crippen LogP contribution in [-0.4, -0.2) is 37.6 Å². The van der Waals surface area contributed by atoms with E-state index < -0.39 is 0 Å². The monoisotopic (exact) mass is 290 g/mol. The molecule has 1 aliphatic heterocycles. The second kappa shape index (κ2) is 6.89. The second-order valence-corrected chi connectivity index (χ2v) is 5.97. The van der Waals surface area contributed by atoms with Crippen LogP contribution >= 0.6 is 0 Å². The number of anilines is 1. The zero-order valence-electron chi connectivity index (χ0n) is 13.3. The Morgan fingerprint density at radius 2 is 2.33 bits per heavy atom. The van der Waals surface area contributed by atoms with Gasteiger partial charge in [0.25, 0.3) is 0 Å². The van der Waals surface area contributed by atoms with E-state index in [9.17, 15) is 4.79 Å². The molecule has 0 saturated carbocycles. The molecule has 1 fully saturated rings. The van der Waals surface area contributed by atoms with Gasteiger partial charge in [0.15, 0.2) is 0 Å². The molecule has 1 saturated heterocycles. The second-order valence-electron chi connectivity index (χ2n) is 5.97. The lowest BCUT2D eigenvalue weighted by molar-refractivity contribution is -0.128. The summed E-state index contributed by atoms with van der Waals surface area (Å²) in [5.41, 5.74) is 0.882. The van der Waals surface area contributed by atoms with Crippen molar-refractivity contribution in [3.8, 4) is 0 Å². The Morgan fingerprint density at radius 3 is 3.05 bits per heavy atom. The van der Waals surface area contributed by atoms with E-state index in [0.717, 1.165) is 44.8 Å². The molecule has 1 aliphatic rings. The Hall–Kier alpha value is -1.62. The van der Waals surface area contributed by atoms with Crippen LogP contribution in [0.25, 0.3) is 0 Å². The molecular formula is C16H26N4O. The maximum absolute atomic E-state index is 12.0. The first-order valence-corrected chi connectivity index (χ1v) is 7.72. The van der Waals surface area contributed by atoms with E-state index in [1.165, 1.54) is 5.56 Å². The van der Waals surface area contributed by atoms with Crippen molar-refractivity contribution in [2.45, 2.75) is 33.2 Å². The molecule has 1 unspecified atom stereocenters. The highest BCUT2D eigenvalue weighted by molar-refractivity contribution is 5.83. The van der Waals surface area contributed by atoms with Crippen molar-refractivity contribution in [1.82, 2.24) is 15.6 Å². The fourth-order valence-corrected chi connectivity index (χ4v) is 2.88. The van der Waals surface area contributed by atoms with Crippen LogP contribution in [0.5, 0.6) is 0 Å². The van der Waals surface area contributed by atoms with E-state index in [0.29, 0.717) is 0 Å². The number of nitrogens with zero attached hydrogens (tertiary/aromatic N) is 2. The number of aromatic nitrogens is 1. The van der Waals surface area contributed by atoms with Gasteiger partial charge in [0.1, 0.15) is 5.82 Å². The van der Waals surface area contributed by atoms with Crippen molar-refractivity contribution in [3.05, 3.63) is 23.9 Å². The molecule has 1 aromatic rings. The quantitative estimate of drug-likeness (QED) is 0.780. The molecule has 21 heavy (non-hydrogen) atoms. The molecule has 1 aromatic heterocycles. The van der Waals surface area contributed by atoms with E-state index in [-0.39, 0.29) is 11.3 Å².